The maximum atomic E-state index is 12.7. The molecule has 0 radical (unpaired) electrons. The second-order valence-electron chi connectivity index (χ2n) is 5.55. The number of benzene rings is 1. The zero-order valence-electron chi connectivity index (χ0n) is 11.5. The third-order valence-corrected chi connectivity index (χ3v) is 4.49. The van der Waals surface area contributed by atoms with Gasteiger partial charge < -0.3 is 0 Å². The van der Waals surface area contributed by atoms with Crippen LogP contribution in [0.25, 0.3) is 0 Å². The number of aryl methyl sites for hydroxylation is 1. The Morgan fingerprint density at radius 3 is 2.45 bits per heavy atom. The SMILES string of the molecule is Cc1cccc(N2C(=O)NC(=O)C3(CCC3)C2=O)c1C. The molecule has 3 rings (SSSR count). The molecule has 0 unspecified atom stereocenters. The molecule has 1 saturated carbocycles. The quantitative estimate of drug-likeness (QED) is 0.796. The number of rotatable bonds is 1. The monoisotopic (exact) mass is 272 g/mol. The van der Waals surface area contributed by atoms with Crippen molar-refractivity contribution in [1.29, 1.82) is 0 Å². The molecular formula is C15H16N2O3. The van der Waals surface area contributed by atoms with E-state index in [0.29, 0.717) is 18.5 Å². The Kier molecular flexibility index (Phi) is 2.67. The number of hydrogen-bond donors (Lipinski definition) is 1. The second kappa shape index (κ2) is 4.16. The van der Waals surface area contributed by atoms with Crippen molar-refractivity contribution in [1.82, 2.24) is 5.32 Å². The molecule has 1 heterocycles. The fourth-order valence-corrected chi connectivity index (χ4v) is 2.84. The third-order valence-electron chi connectivity index (χ3n) is 4.49. The van der Waals surface area contributed by atoms with Crippen molar-refractivity contribution in [2.45, 2.75) is 33.1 Å². The van der Waals surface area contributed by atoms with Crippen molar-refractivity contribution >= 4 is 23.5 Å². The molecule has 5 heteroatoms. The number of amides is 4. The van der Waals surface area contributed by atoms with Crippen molar-refractivity contribution in [2.75, 3.05) is 4.90 Å². The topological polar surface area (TPSA) is 66.5 Å². The van der Waals surface area contributed by atoms with E-state index >= 15 is 0 Å². The lowest BCUT2D eigenvalue weighted by Gasteiger charge is -2.44. The highest BCUT2D eigenvalue weighted by Gasteiger charge is 2.57. The van der Waals surface area contributed by atoms with Gasteiger partial charge in [-0.2, -0.15) is 0 Å². The van der Waals surface area contributed by atoms with E-state index in [4.69, 9.17) is 0 Å². The zero-order valence-corrected chi connectivity index (χ0v) is 11.5. The van der Waals surface area contributed by atoms with Gasteiger partial charge in [-0.05, 0) is 43.9 Å². The third kappa shape index (κ3) is 1.52. The number of nitrogens with one attached hydrogen (secondary N) is 1. The molecule has 20 heavy (non-hydrogen) atoms. The number of barbiturate groups is 1. The van der Waals surface area contributed by atoms with E-state index < -0.39 is 17.4 Å². The molecule has 1 spiro atoms. The lowest BCUT2D eigenvalue weighted by atomic mass is 9.66. The summed E-state index contributed by atoms with van der Waals surface area (Å²) in [4.78, 5) is 37.8. The van der Waals surface area contributed by atoms with Crippen molar-refractivity contribution in [3.8, 4) is 0 Å². The average molecular weight is 272 g/mol. The molecule has 1 saturated heterocycles. The van der Waals surface area contributed by atoms with Gasteiger partial charge in [-0.25, -0.2) is 9.69 Å². The van der Waals surface area contributed by atoms with Gasteiger partial charge in [-0.3, -0.25) is 14.9 Å². The minimum absolute atomic E-state index is 0.383. The van der Waals surface area contributed by atoms with E-state index in [1.165, 1.54) is 0 Å². The minimum Gasteiger partial charge on any atom is -0.276 e. The summed E-state index contributed by atoms with van der Waals surface area (Å²) in [7, 11) is 0. The number of urea groups is 1. The highest BCUT2D eigenvalue weighted by atomic mass is 16.2. The molecule has 2 aliphatic rings. The molecule has 104 valence electrons. The van der Waals surface area contributed by atoms with Gasteiger partial charge in [0, 0.05) is 0 Å². The van der Waals surface area contributed by atoms with Crippen molar-refractivity contribution in [2.24, 2.45) is 5.41 Å². The first kappa shape index (κ1) is 12.8. The van der Waals surface area contributed by atoms with Gasteiger partial charge >= 0.3 is 6.03 Å². The summed E-state index contributed by atoms with van der Waals surface area (Å²) < 4.78 is 0. The Hall–Kier alpha value is -2.17. The van der Waals surface area contributed by atoms with Crippen LogP contribution in [0, 0.1) is 19.3 Å². The second-order valence-corrected chi connectivity index (χ2v) is 5.55. The van der Waals surface area contributed by atoms with Gasteiger partial charge in [-0.1, -0.05) is 18.6 Å². The summed E-state index contributed by atoms with van der Waals surface area (Å²) in [5.41, 5.74) is 1.41. The van der Waals surface area contributed by atoms with Gasteiger partial charge in [-0.15, -0.1) is 0 Å². The van der Waals surface area contributed by atoms with Crippen LogP contribution in [0.2, 0.25) is 0 Å². The first-order chi connectivity index (χ1) is 9.47. The van der Waals surface area contributed by atoms with Crippen molar-refractivity contribution < 1.29 is 14.4 Å². The smallest absolute Gasteiger partial charge is 0.276 e. The van der Waals surface area contributed by atoms with Gasteiger partial charge in [0.25, 0.3) is 5.91 Å². The van der Waals surface area contributed by atoms with E-state index in [9.17, 15) is 14.4 Å². The van der Waals surface area contributed by atoms with Crippen LogP contribution in [0.1, 0.15) is 30.4 Å². The van der Waals surface area contributed by atoms with Gasteiger partial charge in [0.05, 0.1) is 5.69 Å². The maximum absolute atomic E-state index is 12.7. The minimum atomic E-state index is -1.02. The van der Waals surface area contributed by atoms with E-state index in [1.54, 1.807) is 6.07 Å². The summed E-state index contributed by atoms with van der Waals surface area (Å²) in [6.07, 6.45) is 1.88. The first-order valence-electron chi connectivity index (χ1n) is 6.73. The maximum Gasteiger partial charge on any atom is 0.335 e. The molecule has 1 aliphatic heterocycles. The molecule has 1 aromatic carbocycles. The van der Waals surface area contributed by atoms with Crippen molar-refractivity contribution in [3.63, 3.8) is 0 Å². The summed E-state index contributed by atoms with van der Waals surface area (Å²) >= 11 is 0. The number of nitrogens with zero attached hydrogens (tertiary/aromatic N) is 1. The predicted molar refractivity (Wildman–Crippen MR) is 73.2 cm³/mol. The lowest BCUT2D eigenvalue weighted by Crippen LogP contribution is -2.66. The first-order valence-corrected chi connectivity index (χ1v) is 6.73. The number of anilines is 1. The normalized spacial score (nSPS) is 20.9. The van der Waals surface area contributed by atoms with Crippen LogP contribution in [0.15, 0.2) is 18.2 Å². The number of carbonyl (C=O) groups excluding carboxylic acids is 3. The fourth-order valence-electron chi connectivity index (χ4n) is 2.84. The zero-order chi connectivity index (χ0) is 14.5. The van der Waals surface area contributed by atoms with Gasteiger partial charge in [0.1, 0.15) is 5.41 Å². The predicted octanol–water partition coefficient (Wildman–Crippen LogP) is 2.06. The van der Waals surface area contributed by atoms with E-state index in [2.05, 4.69) is 5.32 Å². The molecule has 0 atom stereocenters. The highest BCUT2D eigenvalue weighted by molar-refractivity contribution is 6.30. The fraction of sp³-hybridized carbons (Fsp3) is 0.400. The van der Waals surface area contributed by atoms with Crippen LogP contribution in [-0.4, -0.2) is 17.8 Å². The number of carbonyl (C=O) groups is 3. The molecule has 5 nitrogen and oxygen atoms in total. The lowest BCUT2D eigenvalue weighted by molar-refractivity contribution is -0.148. The Morgan fingerprint density at radius 2 is 1.85 bits per heavy atom. The Bertz CT molecular complexity index is 632. The molecule has 0 bridgehead atoms. The Morgan fingerprint density at radius 1 is 1.15 bits per heavy atom. The van der Waals surface area contributed by atoms with Crippen LogP contribution in [0.5, 0.6) is 0 Å². The summed E-state index contributed by atoms with van der Waals surface area (Å²) in [6, 6.07) is 4.82. The van der Waals surface area contributed by atoms with Gasteiger partial charge in [0.15, 0.2) is 0 Å². The molecular weight excluding hydrogens is 256 g/mol. The van der Waals surface area contributed by atoms with E-state index in [-0.39, 0.29) is 5.91 Å². The summed E-state index contributed by atoms with van der Waals surface area (Å²) in [5.74, 6) is -0.827. The summed E-state index contributed by atoms with van der Waals surface area (Å²) in [6.45, 7) is 3.80. The molecule has 1 aromatic rings. The number of hydrogen-bond acceptors (Lipinski definition) is 3. The molecule has 1 N–H and O–H groups in total. The van der Waals surface area contributed by atoms with Crippen LogP contribution in [0.3, 0.4) is 0 Å². The highest BCUT2D eigenvalue weighted by Crippen LogP contribution is 2.45. The van der Waals surface area contributed by atoms with Crippen molar-refractivity contribution in [3.05, 3.63) is 29.3 Å². The Labute approximate surface area is 116 Å². The molecule has 2 fully saturated rings. The van der Waals surface area contributed by atoms with E-state index in [0.717, 1.165) is 22.4 Å². The Balaban J connectivity index is 2.08. The summed E-state index contributed by atoms with van der Waals surface area (Å²) in [5, 5.41) is 2.32. The van der Waals surface area contributed by atoms with Crippen LogP contribution >= 0.6 is 0 Å². The average Bonchev–Trinajstić information content (AvgIpc) is 2.32. The molecule has 1 aliphatic carbocycles. The van der Waals surface area contributed by atoms with Crippen LogP contribution in [-0.2, 0) is 9.59 Å². The molecule has 0 aromatic heterocycles. The number of imide groups is 2. The standard InChI is InChI=1S/C15H16N2O3/c1-9-5-3-6-11(10(9)2)17-13(19)15(7-4-8-15)12(18)16-14(17)20/h3,5-6H,4,7-8H2,1-2H3,(H,16,18,20). The van der Waals surface area contributed by atoms with Crippen LogP contribution < -0.4 is 10.2 Å². The van der Waals surface area contributed by atoms with E-state index in [1.807, 2.05) is 26.0 Å². The largest absolute Gasteiger partial charge is 0.335 e. The molecule has 4 amide bonds. The van der Waals surface area contributed by atoms with Gasteiger partial charge in [0.2, 0.25) is 5.91 Å². The van der Waals surface area contributed by atoms with Crippen LogP contribution in [0.4, 0.5) is 10.5 Å².